The Balaban J connectivity index is 1.81. The van der Waals surface area contributed by atoms with Gasteiger partial charge >= 0.3 is 0 Å². The first kappa shape index (κ1) is 16.0. The zero-order chi connectivity index (χ0) is 15.1. The molecule has 0 fully saturated rings. The van der Waals surface area contributed by atoms with E-state index in [1.54, 1.807) is 23.5 Å². The first-order chi connectivity index (χ1) is 10.2. The highest BCUT2D eigenvalue weighted by molar-refractivity contribution is 7.99. The highest BCUT2D eigenvalue weighted by Gasteiger charge is 2.06. The molecule has 0 radical (unpaired) electrons. The van der Waals surface area contributed by atoms with E-state index in [0.717, 1.165) is 16.3 Å². The third kappa shape index (κ3) is 5.14. The third-order valence-electron chi connectivity index (χ3n) is 3.00. The number of nitrogens with one attached hydrogen (secondary N) is 1. The van der Waals surface area contributed by atoms with Gasteiger partial charge in [-0.1, -0.05) is 29.8 Å². The summed E-state index contributed by atoms with van der Waals surface area (Å²) in [6.07, 6.45) is 2.53. The average molecular weight is 317 g/mol. The molecular weight excluding hydrogens is 298 g/mol. The van der Waals surface area contributed by atoms with Crippen molar-refractivity contribution in [2.24, 2.45) is 0 Å². The molecule has 0 atom stereocenters. The predicted octanol–water partition coefficient (Wildman–Crippen LogP) is 4.84. The molecule has 21 heavy (non-hydrogen) atoms. The molecule has 0 spiro atoms. The normalized spacial score (nSPS) is 10.4. The van der Waals surface area contributed by atoms with E-state index in [2.05, 4.69) is 36.5 Å². The number of benzene rings is 2. The molecule has 2 rings (SSSR count). The van der Waals surface area contributed by atoms with Gasteiger partial charge in [-0.3, -0.25) is 4.79 Å². The van der Waals surface area contributed by atoms with E-state index in [-0.39, 0.29) is 5.91 Å². The minimum absolute atomic E-state index is 0.0658. The average Bonchev–Trinajstić information content (AvgIpc) is 2.50. The highest BCUT2D eigenvalue weighted by Crippen LogP contribution is 2.25. The van der Waals surface area contributed by atoms with Crippen LogP contribution in [0.4, 0.5) is 5.69 Å². The molecule has 1 amide bonds. The number of aryl methyl sites for hydroxylation is 1. The monoisotopic (exact) mass is 317 g/mol. The topological polar surface area (TPSA) is 29.1 Å². The van der Waals surface area contributed by atoms with E-state index in [0.29, 0.717) is 6.42 Å². The van der Waals surface area contributed by atoms with Gasteiger partial charge < -0.3 is 5.32 Å². The highest BCUT2D eigenvalue weighted by atomic mass is 32.2. The van der Waals surface area contributed by atoms with Crippen LogP contribution in [0.15, 0.2) is 58.3 Å². The fourth-order valence-corrected chi connectivity index (χ4v) is 3.26. The van der Waals surface area contributed by atoms with Crippen LogP contribution in [0.1, 0.15) is 12.0 Å². The second-order valence-corrected chi connectivity index (χ2v) is 6.68. The molecule has 2 aromatic carbocycles. The molecular formula is C17H19NOS2. The van der Waals surface area contributed by atoms with Crippen LogP contribution < -0.4 is 5.32 Å². The molecule has 4 heteroatoms. The summed E-state index contributed by atoms with van der Waals surface area (Å²) in [4.78, 5) is 14.3. The Bertz CT molecular complexity index is 596. The first-order valence-corrected chi connectivity index (χ1v) is 9.02. The van der Waals surface area contributed by atoms with Crippen LogP contribution in [0.5, 0.6) is 0 Å². The van der Waals surface area contributed by atoms with E-state index >= 15 is 0 Å². The molecule has 2 aromatic rings. The van der Waals surface area contributed by atoms with Gasteiger partial charge in [0.1, 0.15) is 0 Å². The second-order valence-electron chi connectivity index (χ2n) is 4.66. The van der Waals surface area contributed by atoms with Crippen LogP contribution in [0.2, 0.25) is 0 Å². The van der Waals surface area contributed by atoms with Crippen molar-refractivity contribution in [1.82, 2.24) is 0 Å². The van der Waals surface area contributed by atoms with Crippen LogP contribution in [0, 0.1) is 6.92 Å². The lowest BCUT2D eigenvalue weighted by atomic mass is 10.2. The lowest BCUT2D eigenvalue weighted by Crippen LogP contribution is -2.12. The van der Waals surface area contributed by atoms with Crippen molar-refractivity contribution >= 4 is 35.1 Å². The smallest absolute Gasteiger partial charge is 0.225 e. The summed E-state index contributed by atoms with van der Waals surface area (Å²) in [6, 6.07) is 16.3. The van der Waals surface area contributed by atoms with Crippen molar-refractivity contribution in [3.05, 3.63) is 54.1 Å². The molecule has 0 heterocycles. The summed E-state index contributed by atoms with van der Waals surface area (Å²) < 4.78 is 0. The molecule has 110 valence electrons. The van der Waals surface area contributed by atoms with Gasteiger partial charge in [-0.15, -0.1) is 23.5 Å². The molecule has 0 aliphatic carbocycles. The molecule has 2 nitrogen and oxygen atoms in total. The van der Waals surface area contributed by atoms with Crippen LogP contribution in [-0.4, -0.2) is 17.9 Å². The zero-order valence-electron chi connectivity index (χ0n) is 12.3. The number of carbonyl (C=O) groups excluding carboxylic acids is 1. The Morgan fingerprint density at radius 2 is 1.81 bits per heavy atom. The minimum Gasteiger partial charge on any atom is -0.325 e. The van der Waals surface area contributed by atoms with Crippen LogP contribution in [-0.2, 0) is 4.79 Å². The molecule has 1 N–H and O–H groups in total. The van der Waals surface area contributed by atoms with Crippen molar-refractivity contribution in [2.45, 2.75) is 23.1 Å². The number of amides is 1. The van der Waals surface area contributed by atoms with Crippen molar-refractivity contribution in [3.63, 3.8) is 0 Å². The van der Waals surface area contributed by atoms with Crippen molar-refractivity contribution in [3.8, 4) is 0 Å². The van der Waals surface area contributed by atoms with Crippen LogP contribution >= 0.6 is 23.5 Å². The van der Waals surface area contributed by atoms with Gasteiger partial charge in [-0.2, -0.15) is 0 Å². The Kier molecular flexibility index (Phi) is 6.21. The van der Waals surface area contributed by atoms with E-state index in [4.69, 9.17) is 0 Å². The van der Waals surface area contributed by atoms with Crippen molar-refractivity contribution in [1.29, 1.82) is 0 Å². The lowest BCUT2D eigenvalue weighted by Gasteiger charge is -2.09. The van der Waals surface area contributed by atoms with Crippen molar-refractivity contribution < 1.29 is 4.79 Å². The summed E-state index contributed by atoms with van der Waals surface area (Å²) in [5, 5.41) is 2.98. The molecule has 0 aromatic heterocycles. The Hall–Kier alpha value is -1.39. The SMILES string of the molecule is CSc1ccccc1NC(=O)CCSc1ccc(C)cc1. The van der Waals surface area contributed by atoms with Gasteiger partial charge in [-0.25, -0.2) is 0 Å². The first-order valence-electron chi connectivity index (χ1n) is 6.81. The number of carbonyl (C=O) groups is 1. The van der Waals surface area contributed by atoms with Gasteiger partial charge in [0.15, 0.2) is 0 Å². The fourth-order valence-electron chi connectivity index (χ4n) is 1.86. The number of rotatable bonds is 6. The van der Waals surface area contributed by atoms with E-state index in [1.807, 2.05) is 30.5 Å². The molecule has 0 bridgehead atoms. The van der Waals surface area contributed by atoms with Gasteiger partial charge in [0.05, 0.1) is 5.69 Å². The Morgan fingerprint density at radius 1 is 1.10 bits per heavy atom. The maximum absolute atomic E-state index is 12.0. The second kappa shape index (κ2) is 8.15. The van der Waals surface area contributed by atoms with E-state index in [9.17, 15) is 4.79 Å². The lowest BCUT2D eigenvalue weighted by molar-refractivity contribution is -0.115. The summed E-state index contributed by atoms with van der Waals surface area (Å²) >= 11 is 3.35. The third-order valence-corrected chi connectivity index (χ3v) is 4.81. The number of hydrogen-bond acceptors (Lipinski definition) is 3. The summed E-state index contributed by atoms with van der Waals surface area (Å²) in [7, 11) is 0. The van der Waals surface area contributed by atoms with Crippen LogP contribution in [0.25, 0.3) is 0 Å². The molecule has 0 saturated carbocycles. The molecule has 0 saturated heterocycles. The van der Waals surface area contributed by atoms with E-state index in [1.165, 1.54) is 10.5 Å². The standard InChI is InChI=1S/C17H19NOS2/c1-13-7-9-14(10-8-13)21-12-11-17(19)18-15-5-3-4-6-16(15)20-2/h3-10H,11-12H2,1-2H3,(H,18,19). The number of para-hydroxylation sites is 1. The quantitative estimate of drug-likeness (QED) is 0.773. The molecule has 0 aliphatic heterocycles. The summed E-state index contributed by atoms with van der Waals surface area (Å²) in [5.41, 5.74) is 2.15. The minimum atomic E-state index is 0.0658. The number of thioether (sulfide) groups is 2. The largest absolute Gasteiger partial charge is 0.325 e. The van der Waals surface area contributed by atoms with Gasteiger partial charge in [0.25, 0.3) is 0 Å². The van der Waals surface area contributed by atoms with Gasteiger partial charge in [-0.05, 0) is 37.4 Å². The van der Waals surface area contributed by atoms with Gasteiger partial charge in [0, 0.05) is 22.0 Å². The maximum atomic E-state index is 12.0. The summed E-state index contributed by atoms with van der Waals surface area (Å²) in [5.74, 6) is 0.854. The van der Waals surface area contributed by atoms with E-state index < -0.39 is 0 Å². The molecule has 0 aliphatic rings. The van der Waals surface area contributed by atoms with Crippen molar-refractivity contribution in [2.75, 3.05) is 17.3 Å². The number of hydrogen-bond donors (Lipinski definition) is 1. The zero-order valence-corrected chi connectivity index (χ0v) is 13.9. The predicted molar refractivity (Wildman–Crippen MR) is 93.4 cm³/mol. The fraction of sp³-hybridized carbons (Fsp3) is 0.235. The van der Waals surface area contributed by atoms with Gasteiger partial charge in [0.2, 0.25) is 5.91 Å². The maximum Gasteiger partial charge on any atom is 0.225 e. The Labute approximate surface area is 134 Å². The number of anilines is 1. The molecule has 0 unspecified atom stereocenters. The van der Waals surface area contributed by atoms with Crippen LogP contribution in [0.3, 0.4) is 0 Å². The summed E-state index contributed by atoms with van der Waals surface area (Å²) in [6.45, 7) is 2.07. The Morgan fingerprint density at radius 3 is 2.52 bits per heavy atom.